The molecule has 1 aliphatic rings. The number of hydrogen-bond donors (Lipinski definition) is 1. The van der Waals surface area contributed by atoms with Crippen LogP contribution in [0.25, 0.3) is 21.3 Å². The Morgan fingerprint density at radius 1 is 1.25 bits per heavy atom. The molecule has 24 heavy (non-hydrogen) atoms. The van der Waals surface area contributed by atoms with Crippen LogP contribution in [0.4, 0.5) is 5.82 Å². The van der Waals surface area contributed by atoms with Crippen molar-refractivity contribution in [3.63, 3.8) is 0 Å². The van der Waals surface area contributed by atoms with Gasteiger partial charge in [-0.15, -0.1) is 11.3 Å². The van der Waals surface area contributed by atoms with Crippen LogP contribution in [0.1, 0.15) is 12.8 Å². The van der Waals surface area contributed by atoms with Crippen LogP contribution >= 0.6 is 11.3 Å². The Hall–Kier alpha value is -2.18. The van der Waals surface area contributed by atoms with Crippen LogP contribution in [0.15, 0.2) is 36.0 Å². The SMILES string of the molecule is COc1ccc(-c2csc3ncnc(N4CCCC(O)C4)c23)cc1. The molecule has 1 aliphatic heterocycles. The van der Waals surface area contributed by atoms with Crippen molar-refractivity contribution in [2.24, 2.45) is 0 Å². The molecule has 4 rings (SSSR count). The zero-order chi connectivity index (χ0) is 16.5. The highest BCUT2D eigenvalue weighted by molar-refractivity contribution is 7.17. The third kappa shape index (κ3) is 2.72. The summed E-state index contributed by atoms with van der Waals surface area (Å²) in [6.07, 6.45) is 3.17. The van der Waals surface area contributed by atoms with Crippen LogP contribution < -0.4 is 9.64 Å². The van der Waals surface area contributed by atoms with Gasteiger partial charge in [-0.05, 0) is 30.5 Å². The number of aliphatic hydroxyl groups excluding tert-OH is 1. The first-order chi connectivity index (χ1) is 11.8. The number of fused-ring (bicyclic) bond motifs is 1. The number of thiophene rings is 1. The Balaban J connectivity index is 1.81. The van der Waals surface area contributed by atoms with E-state index < -0.39 is 0 Å². The van der Waals surface area contributed by atoms with Crippen molar-refractivity contribution in [3.05, 3.63) is 36.0 Å². The molecule has 1 atom stereocenters. The second-order valence-electron chi connectivity index (χ2n) is 6.00. The number of benzene rings is 1. The fourth-order valence-electron chi connectivity index (χ4n) is 3.23. The summed E-state index contributed by atoms with van der Waals surface area (Å²) in [7, 11) is 1.67. The highest BCUT2D eigenvalue weighted by atomic mass is 32.1. The Labute approximate surface area is 144 Å². The fraction of sp³-hybridized carbons (Fsp3) is 0.333. The van der Waals surface area contributed by atoms with Crippen LogP contribution in [-0.4, -0.2) is 41.4 Å². The molecule has 1 aromatic carbocycles. The summed E-state index contributed by atoms with van der Waals surface area (Å²) >= 11 is 1.63. The first kappa shape index (κ1) is 15.4. The van der Waals surface area contributed by atoms with Crippen LogP contribution in [-0.2, 0) is 0 Å². The molecule has 0 amide bonds. The van der Waals surface area contributed by atoms with Crippen molar-refractivity contribution >= 4 is 27.4 Å². The second-order valence-corrected chi connectivity index (χ2v) is 6.86. The Morgan fingerprint density at radius 2 is 2.08 bits per heavy atom. The molecule has 0 aliphatic carbocycles. The predicted octanol–water partition coefficient (Wildman–Crippen LogP) is 3.33. The Morgan fingerprint density at radius 3 is 2.83 bits per heavy atom. The van der Waals surface area contributed by atoms with Crippen molar-refractivity contribution in [2.75, 3.05) is 25.1 Å². The number of rotatable bonds is 3. The monoisotopic (exact) mass is 341 g/mol. The van der Waals surface area contributed by atoms with E-state index in [-0.39, 0.29) is 6.10 Å². The van der Waals surface area contributed by atoms with E-state index in [1.54, 1.807) is 24.8 Å². The minimum atomic E-state index is -0.285. The summed E-state index contributed by atoms with van der Waals surface area (Å²) in [6, 6.07) is 8.05. The molecule has 5 nitrogen and oxygen atoms in total. The van der Waals surface area contributed by atoms with E-state index in [0.717, 1.165) is 52.3 Å². The van der Waals surface area contributed by atoms with Crippen LogP contribution in [0, 0.1) is 0 Å². The van der Waals surface area contributed by atoms with Gasteiger partial charge in [0.1, 0.15) is 22.7 Å². The molecule has 6 heteroatoms. The van der Waals surface area contributed by atoms with Crippen molar-refractivity contribution in [1.82, 2.24) is 9.97 Å². The van der Waals surface area contributed by atoms with Gasteiger partial charge in [0.2, 0.25) is 0 Å². The molecular formula is C18H19N3O2S. The lowest BCUT2D eigenvalue weighted by atomic mass is 10.0. The normalized spacial score (nSPS) is 18.1. The average Bonchev–Trinajstić information content (AvgIpc) is 3.06. The number of nitrogens with zero attached hydrogens (tertiary/aromatic N) is 3. The third-order valence-electron chi connectivity index (χ3n) is 4.45. The van der Waals surface area contributed by atoms with E-state index in [4.69, 9.17) is 4.74 Å². The predicted molar refractivity (Wildman–Crippen MR) is 96.9 cm³/mol. The molecule has 1 unspecified atom stereocenters. The largest absolute Gasteiger partial charge is 0.497 e. The molecule has 0 radical (unpaired) electrons. The number of hydrogen-bond acceptors (Lipinski definition) is 6. The molecule has 2 aromatic heterocycles. The highest BCUT2D eigenvalue weighted by Gasteiger charge is 2.23. The minimum absolute atomic E-state index is 0.285. The number of ether oxygens (including phenoxy) is 1. The van der Waals surface area contributed by atoms with Gasteiger partial charge in [-0.3, -0.25) is 0 Å². The van der Waals surface area contributed by atoms with Crippen LogP contribution in [0.2, 0.25) is 0 Å². The molecule has 124 valence electrons. The summed E-state index contributed by atoms with van der Waals surface area (Å²) in [4.78, 5) is 12.1. The summed E-state index contributed by atoms with van der Waals surface area (Å²) in [5.74, 6) is 1.76. The van der Waals surface area contributed by atoms with E-state index in [0.29, 0.717) is 6.54 Å². The Kier molecular flexibility index (Phi) is 4.08. The van der Waals surface area contributed by atoms with Crippen LogP contribution in [0.3, 0.4) is 0 Å². The van der Waals surface area contributed by atoms with Crippen molar-refractivity contribution in [2.45, 2.75) is 18.9 Å². The molecular weight excluding hydrogens is 322 g/mol. The standard InChI is InChI=1S/C18H19N3O2S/c1-23-14-6-4-12(5-7-14)15-10-24-18-16(15)17(19-11-20-18)21-8-2-3-13(22)9-21/h4-7,10-11,13,22H,2-3,8-9H2,1H3. The van der Waals surface area contributed by atoms with Crippen LogP contribution in [0.5, 0.6) is 5.75 Å². The summed E-state index contributed by atoms with van der Waals surface area (Å²) in [5, 5.41) is 13.2. The molecule has 1 fully saturated rings. The maximum atomic E-state index is 10.0. The van der Waals surface area contributed by atoms with Gasteiger partial charge >= 0.3 is 0 Å². The topological polar surface area (TPSA) is 58.5 Å². The zero-order valence-corrected chi connectivity index (χ0v) is 14.3. The minimum Gasteiger partial charge on any atom is -0.497 e. The van der Waals surface area contributed by atoms with Crippen molar-refractivity contribution in [3.8, 4) is 16.9 Å². The third-order valence-corrected chi connectivity index (χ3v) is 5.33. The summed E-state index contributed by atoms with van der Waals surface area (Å²) in [6.45, 7) is 1.55. The lowest BCUT2D eigenvalue weighted by molar-refractivity contribution is 0.154. The number of aromatic nitrogens is 2. The maximum absolute atomic E-state index is 10.0. The lowest BCUT2D eigenvalue weighted by Crippen LogP contribution is -2.38. The highest BCUT2D eigenvalue weighted by Crippen LogP contribution is 2.38. The quantitative estimate of drug-likeness (QED) is 0.792. The fourth-order valence-corrected chi connectivity index (χ4v) is 4.14. The van der Waals surface area contributed by atoms with Gasteiger partial charge in [0.15, 0.2) is 0 Å². The molecule has 1 N–H and O–H groups in total. The van der Waals surface area contributed by atoms with Crippen molar-refractivity contribution in [1.29, 1.82) is 0 Å². The van der Waals surface area contributed by atoms with Gasteiger partial charge < -0.3 is 14.7 Å². The van der Waals surface area contributed by atoms with Gasteiger partial charge in [0.25, 0.3) is 0 Å². The van der Waals surface area contributed by atoms with Gasteiger partial charge in [-0.1, -0.05) is 12.1 Å². The van der Waals surface area contributed by atoms with E-state index in [2.05, 4.69) is 32.4 Å². The van der Waals surface area contributed by atoms with E-state index >= 15 is 0 Å². The molecule has 1 saturated heterocycles. The molecule has 3 aromatic rings. The van der Waals surface area contributed by atoms with Crippen molar-refractivity contribution < 1.29 is 9.84 Å². The smallest absolute Gasteiger partial charge is 0.141 e. The zero-order valence-electron chi connectivity index (χ0n) is 13.5. The summed E-state index contributed by atoms with van der Waals surface area (Å²) in [5.41, 5.74) is 2.25. The van der Waals surface area contributed by atoms with Gasteiger partial charge in [0.05, 0.1) is 18.6 Å². The van der Waals surface area contributed by atoms with E-state index in [9.17, 15) is 5.11 Å². The number of β-amino-alcohol motifs (C(OH)–C–C–N with tert-alkyl or cyclic N) is 1. The first-order valence-electron chi connectivity index (χ1n) is 8.06. The number of methoxy groups -OCH3 is 1. The second kappa shape index (κ2) is 6.37. The molecule has 3 heterocycles. The number of piperidine rings is 1. The molecule has 0 bridgehead atoms. The molecule has 0 saturated carbocycles. The van der Waals surface area contributed by atoms with Gasteiger partial charge in [-0.2, -0.15) is 0 Å². The first-order valence-corrected chi connectivity index (χ1v) is 8.94. The average molecular weight is 341 g/mol. The maximum Gasteiger partial charge on any atom is 0.141 e. The van der Waals surface area contributed by atoms with Gasteiger partial charge in [0, 0.05) is 24.0 Å². The summed E-state index contributed by atoms with van der Waals surface area (Å²) < 4.78 is 5.25. The molecule has 0 spiro atoms. The number of anilines is 1. The van der Waals surface area contributed by atoms with Gasteiger partial charge in [-0.25, -0.2) is 9.97 Å². The van der Waals surface area contributed by atoms with E-state index in [1.807, 2.05) is 12.1 Å². The Bertz CT molecular complexity index is 847. The number of aliphatic hydroxyl groups is 1. The van der Waals surface area contributed by atoms with E-state index in [1.165, 1.54) is 0 Å². The lowest BCUT2D eigenvalue weighted by Gasteiger charge is -2.31.